The van der Waals surface area contributed by atoms with Crippen molar-refractivity contribution in [1.29, 1.82) is 0 Å². The van der Waals surface area contributed by atoms with Gasteiger partial charge < -0.3 is 10.1 Å². The third-order valence-electron chi connectivity index (χ3n) is 4.03. The molecule has 1 amide bonds. The van der Waals surface area contributed by atoms with E-state index in [1.807, 2.05) is 43.3 Å². The summed E-state index contributed by atoms with van der Waals surface area (Å²) in [5.74, 6) is -0.183. The fourth-order valence-corrected chi connectivity index (χ4v) is 2.67. The van der Waals surface area contributed by atoms with Gasteiger partial charge in [0.15, 0.2) is 12.4 Å². The molecule has 1 aromatic carbocycles. The maximum atomic E-state index is 13.0. The van der Waals surface area contributed by atoms with Crippen molar-refractivity contribution < 1.29 is 9.52 Å². The zero-order valence-corrected chi connectivity index (χ0v) is 14.0. The quantitative estimate of drug-likeness (QED) is 0.533. The third kappa shape index (κ3) is 4.20. The van der Waals surface area contributed by atoms with Gasteiger partial charge in [-0.15, -0.1) is 0 Å². The molecular weight excluding hydrogens is 314 g/mol. The first kappa shape index (κ1) is 16.6. The van der Waals surface area contributed by atoms with Crippen molar-refractivity contribution in [3.05, 3.63) is 101 Å². The number of pyridine rings is 2. The van der Waals surface area contributed by atoms with E-state index in [1.54, 1.807) is 29.4 Å². The molecule has 0 saturated carbocycles. The van der Waals surface area contributed by atoms with Crippen molar-refractivity contribution in [2.75, 3.05) is 0 Å². The molecule has 25 heavy (non-hydrogen) atoms. The number of benzene rings is 1. The molecule has 2 aromatic heterocycles. The Morgan fingerprint density at radius 1 is 1.12 bits per heavy atom. The minimum atomic E-state index is -0.183. The van der Waals surface area contributed by atoms with Gasteiger partial charge in [-0.25, -0.2) is 0 Å². The fraction of sp³-hybridized carbons (Fsp3) is 0.150. The van der Waals surface area contributed by atoms with Crippen LogP contribution in [0.25, 0.3) is 0 Å². The monoisotopic (exact) mass is 333 g/mol. The lowest BCUT2D eigenvalue weighted by Crippen LogP contribution is -2.33. The molecule has 5 heteroatoms. The van der Waals surface area contributed by atoms with Crippen molar-refractivity contribution in [2.24, 2.45) is 0 Å². The molecule has 3 rings (SSSR count). The predicted octanol–water partition coefficient (Wildman–Crippen LogP) is 2.87. The van der Waals surface area contributed by atoms with Crippen LogP contribution >= 0.6 is 0 Å². The molecule has 126 valence electrons. The number of hydrogen-bond acceptors (Lipinski definition) is 3. The standard InChI is InChI=1S/C20H19N3O2/c1-16-6-2-3-8-18(16)14-22(13-17-7-4-10-21-12-17)20(24)19-9-5-11-23(25)15-19/h2-12,15H,13-14H2,1H3. The van der Waals surface area contributed by atoms with Crippen LogP contribution in [0.4, 0.5) is 0 Å². The number of aromatic nitrogens is 2. The molecule has 3 aromatic rings. The van der Waals surface area contributed by atoms with Gasteiger partial charge >= 0.3 is 0 Å². The van der Waals surface area contributed by atoms with Crippen molar-refractivity contribution in [2.45, 2.75) is 20.0 Å². The summed E-state index contributed by atoms with van der Waals surface area (Å²) in [6, 6.07) is 15.0. The van der Waals surface area contributed by atoms with Gasteiger partial charge in [-0.2, -0.15) is 4.73 Å². The molecule has 0 aliphatic carbocycles. The second-order valence-electron chi connectivity index (χ2n) is 5.90. The lowest BCUT2D eigenvalue weighted by molar-refractivity contribution is -0.605. The molecule has 0 N–H and O–H groups in total. The SMILES string of the molecule is Cc1ccccc1CN(Cc1cccnc1)C(=O)c1ccc[n+]([O-])c1. The highest BCUT2D eigenvalue weighted by Crippen LogP contribution is 2.15. The van der Waals surface area contributed by atoms with E-state index in [0.717, 1.165) is 16.7 Å². The Kier molecular flexibility index (Phi) is 5.04. The summed E-state index contributed by atoms with van der Waals surface area (Å²) in [4.78, 5) is 18.8. The van der Waals surface area contributed by atoms with Crippen LogP contribution in [0, 0.1) is 12.1 Å². The molecular formula is C20H19N3O2. The Hall–Kier alpha value is -3.21. The highest BCUT2D eigenvalue weighted by atomic mass is 16.5. The van der Waals surface area contributed by atoms with Crippen molar-refractivity contribution in [3.8, 4) is 0 Å². The Labute approximate surface area is 146 Å². The second kappa shape index (κ2) is 7.57. The zero-order chi connectivity index (χ0) is 17.6. The van der Waals surface area contributed by atoms with Gasteiger partial charge in [0.25, 0.3) is 5.91 Å². The van der Waals surface area contributed by atoms with E-state index >= 15 is 0 Å². The number of hydrogen-bond donors (Lipinski definition) is 0. The molecule has 0 atom stereocenters. The number of aryl methyl sites for hydroxylation is 1. The molecule has 0 fully saturated rings. The molecule has 0 bridgehead atoms. The molecule has 0 unspecified atom stereocenters. The van der Waals surface area contributed by atoms with Gasteiger partial charge in [0.2, 0.25) is 0 Å². The normalized spacial score (nSPS) is 10.4. The average molecular weight is 333 g/mol. The number of carbonyl (C=O) groups is 1. The van der Waals surface area contributed by atoms with Crippen LogP contribution in [-0.2, 0) is 13.1 Å². The summed E-state index contributed by atoms with van der Waals surface area (Å²) in [5.41, 5.74) is 3.51. The minimum Gasteiger partial charge on any atom is -0.619 e. The molecule has 0 saturated heterocycles. The maximum absolute atomic E-state index is 13.0. The van der Waals surface area contributed by atoms with Gasteiger partial charge in [0.05, 0.1) is 0 Å². The van der Waals surface area contributed by atoms with Crippen LogP contribution in [0.5, 0.6) is 0 Å². The fourth-order valence-electron chi connectivity index (χ4n) is 2.67. The summed E-state index contributed by atoms with van der Waals surface area (Å²) in [6.45, 7) is 2.92. The third-order valence-corrected chi connectivity index (χ3v) is 4.03. The number of amides is 1. The number of rotatable bonds is 5. The van der Waals surface area contributed by atoms with Crippen LogP contribution in [0.3, 0.4) is 0 Å². The summed E-state index contributed by atoms with van der Waals surface area (Å²) in [7, 11) is 0. The first-order valence-corrected chi connectivity index (χ1v) is 8.05. The topological polar surface area (TPSA) is 60.1 Å². The van der Waals surface area contributed by atoms with Crippen molar-refractivity contribution in [1.82, 2.24) is 9.88 Å². The average Bonchev–Trinajstić information content (AvgIpc) is 2.63. The maximum Gasteiger partial charge on any atom is 0.260 e. The van der Waals surface area contributed by atoms with E-state index in [9.17, 15) is 10.0 Å². The van der Waals surface area contributed by atoms with Gasteiger partial charge in [0, 0.05) is 31.5 Å². The minimum absolute atomic E-state index is 0.183. The van der Waals surface area contributed by atoms with Crippen LogP contribution in [-0.4, -0.2) is 15.8 Å². The van der Waals surface area contributed by atoms with Gasteiger partial charge in [-0.3, -0.25) is 9.78 Å². The molecule has 0 aliphatic heterocycles. The molecule has 0 radical (unpaired) electrons. The summed E-state index contributed by atoms with van der Waals surface area (Å²) in [6.07, 6.45) is 6.12. The first-order chi connectivity index (χ1) is 12.1. The van der Waals surface area contributed by atoms with Crippen LogP contribution in [0.2, 0.25) is 0 Å². The van der Waals surface area contributed by atoms with Crippen LogP contribution in [0.15, 0.2) is 73.3 Å². The predicted molar refractivity (Wildman–Crippen MR) is 94.4 cm³/mol. The van der Waals surface area contributed by atoms with Gasteiger partial charge in [0.1, 0.15) is 5.56 Å². The van der Waals surface area contributed by atoms with E-state index < -0.39 is 0 Å². The highest BCUT2D eigenvalue weighted by Gasteiger charge is 2.19. The zero-order valence-electron chi connectivity index (χ0n) is 14.0. The largest absolute Gasteiger partial charge is 0.619 e. The lowest BCUT2D eigenvalue weighted by Gasteiger charge is -2.23. The van der Waals surface area contributed by atoms with E-state index in [2.05, 4.69) is 4.98 Å². The molecule has 0 aliphatic rings. The Bertz CT molecular complexity index is 866. The number of nitrogens with zero attached hydrogens (tertiary/aromatic N) is 3. The highest BCUT2D eigenvalue weighted by molar-refractivity contribution is 5.93. The summed E-state index contributed by atoms with van der Waals surface area (Å²) >= 11 is 0. The van der Waals surface area contributed by atoms with E-state index in [4.69, 9.17) is 0 Å². The van der Waals surface area contributed by atoms with Crippen LogP contribution < -0.4 is 4.73 Å². The Balaban J connectivity index is 1.91. The number of carbonyl (C=O) groups excluding carboxylic acids is 1. The summed E-state index contributed by atoms with van der Waals surface area (Å²) in [5, 5.41) is 11.5. The molecule has 0 spiro atoms. The molecule has 2 heterocycles. The molecule has 5 nitrogen and oxygen atoms in total. The van der Waals surface area contributed by atoms with Gasteiger partial charge in [-0.1, -0.05) is 30.3 Å². The van der Waals surface area contributed by atoms with Crippen LogP contribution in [0.1, 0.15) is 27.0 Å². The summed E-state index contributed by atoms with van der Waals surface area (Å²) < 4.78 is 0.642. The Morgan fingerprint density at radius 3 is 2.68 bits per heavy atom. The van der Waals surface area contributed by atoms with Crippen molar-refractivity contribution >= 4 is 5.91 Å². The van der Waals surface area contributed by atoms with E-state index in [-0.39, 0.29) is 5.91 Å². The first-order valence-electron chi connectivity index (χ1n) is 8.05. The van der Waals surface area contributed by atoms with E-state index in [0.29, 0.717) is 23.4 Å². The second-order valence-corrected chi connectivity index (χ2v) is 5.90. The Morgan fingerprint density at radius 2 is 1.96 bits per heavy atom. The van der Waals surface area contributed by atoms with E-state index in [1.165, 1.54) is 12.4 Å². The van der Waals surface area contributed by atoms with Crippen molar-refractivity contribution in [3.63, 3.8) is 0 Å². The smallest absolute Gasteiger partial charge is 0.260 e. The lowest BCUT2D eigenvalue weighted by atomic mass is 10.1. The van der Waals surface area contributed by atoms with Gasteiger partial charge in [-0.05, 0) is 35.7 Å².